The summed E-state index contributed by atoms with van der Waals surface area (Å²) < 4.78 is 38.7. The lowest BCUT2D eigenvalue weighted by atomic mass is 10.4. The van der Waals surface area contributed by atoms with Gasteiger partial charge in [-0.15, -0.1) is 18.8 Å². The predicted molar refractivity (Wildman–Crippen MR) is 59.2 cm³/mol. The first-order chi connectivity index (χ1) is 8.52. The maximum atomic E-state index is 10.1. The van der Waals surface area contributed by atoms with E-state index in [4.69, 9.17) is 19.3 Å². The Kier molecular flexibility index (Phi) is 11.9. The molecule has 0 radical (unpaired) electrons. The Morgan fingerprint density at radius 2 is 1.22 bits per heavy atom. The zero-order valence-corrected chi connectivity index (χ0v) is 11.3. The van der Waals surface area contributed by atoms with Crippen molar-refractivity contribution < 1.29 is 42.5 Å². The molecule has 0 aliphatic rings. The number of aliphatic hydroxyl groups is 1. The normalized spacial score (nSPS) is 14.4. The summed E-state index contributed by atoms with van der Waals surface area (Å²) >= 11 is 0. The molecule has 2 unspecified atom stereocenters. The Labute approximate surface area is 106 Å². The number of hydrogen-bond acceptors (Lipinski definition) is 7. The highest BCUT2D eigenvalue weighted by Crippen LogP contribution is 2.13. The molecule has 0 aromatic rings. The zero-order valence-electron chi connectivity index (χ0n) is 9.51. The molecule has 0 spiro atoms. The maximum absolute atomic E-state index is 10.1. The minimum Gasteiger partial charge on any atom is -0.388 e. The summed E-state index contributed by atoms with van der Waals surface area (Å²) in [6.07, 6.45) is -0.865. The van der Waals surface area contributed by atoms with E-state index >= 15 is 0 Å². The molecule has 0 aliphatic heterocycles. The average molecular weight is 306 g/mol. The summed E-state index contributed by atoms with van der Waals surface area (Å²) in [5, 5.41) is 9.32. The Morgan fingerprint density at radius 1 is 0.833 bits per heavy atom. The Balaban J connectivity index is 3.24. The van der Waals surface area contributed by atoms with Crippen molar-refractivity contribution in [1.29, 1.82) is 0 Å². The van der Waals surface area contributed by atoms with Gasteiger partial charge in [0.1, 0.15) is 19.3 Å². The maximum Gasteiger partial charge on any atom is 0.694 e. The second-order valence-corrected chi connectivity index (χ2v) is 4.41. The van der Waals surface area contributed by atoms with Crippen LogP contribution in [0.15, 0.2) is 0 Å². The topological polar surface area (TPSA) is 132 Å². The van der Waals surface area contributed by atoms with E-state index in [0.29, 0.717) is 0 Å². The molecule has 11 heteroatoms. The lowest BCUT2D eigenvalue weighted by Gasteiger charge is -2.10. The summed E-state index contributed by atoms with van der Waals surface area (Å²) in [6.45, 7) is 0.0360. The minimum absolute atomic E-state index is 0.0132. The number of rotatable bonds is 12. The molecule has 0 heterocycles. The van der Waals surface area contributed by atoms with Gasteiger partial charge in [0.05, 0.1) is 26.4 Å². The van der Waals surface area contributed by atoms with Crippen molar-refractivity contribution in [3.63, 3.8) is 0 Å². The SMILES string of the molecule is O=[P+](O)OCCOCC(O)COCCO[P+](=O)O. The van der Waals surface area contributed by atoms with E-state index in [9.17, 15) is 14.2 Å². The van der Waals surface area contributed by atoms with Crippen molar-refractivity contribution in [3.8, 4) is 0 Å². The average Bonchev–Trinajstić information content (AvgIpc) is 2.27. The Morgan fingerprint density at radius 3 is 1.56 bits per heavy atom. The van der Waals surface area contributed by atoms with Crippen LogP contribution < -0.4 is 0 Å². The summed E-state index contributed by atoms with van der Waals surface area (Å²) in [4.78, 5) is 16.6. The van der Waals surface area contributed by atoms with Crippen LogP contribution >= 0.6 is 16.5 Å². The van der Waals surface area contributed by atoms with Crippen molar-refractivity contribution in [3.05, 3.63) is 0 Å². The van der Waals surface area contributed by atoms with Crippen molar-refractivity contribution in [1.82, 2.24) is 0 Å². The van der Waals surface area contributed by atoms with Gasteiger partial charge < -0.3 is 14.6 Å². The fourth-order valence-corrected chi connectivity index (χ4v) is 1.30. The highest BCUT2D eigenvalue weighted by molar-refractivity contribution is 7.32. The van der Waals surface area contributed by atoms with Crippen molar-refractivity contribution >= 4 is 16.5 Å². The molecule has 0 aromatic heterocycles. The van der Waals surface area contributed by atoms with Crippen LogP contribution in [0.25, 0.3) is 0 Å². The van der Waals surface area contributed by atoms with Crippen LogP contribution in [0.1, 0.15) is 0 Å². The van der Waals surface area contributed by atoms with Crippen molar-refractivity contribution in [2.75, 3.05) is 39.6 Å². The van der Waals surface area contributed by atoms with Gasteiger partial charge in [-0.2, -0.15) is 0 Å². The second kappa shape index (κ2) is 12.0. The van der Waals surface area contributed by atoms with Gasteiger partial charge in [-0.05, 0) is 0 Å². The first-order valence-corrected chi connectivity index (χ1v) is 7.20. The van der Waals surface area contributed by atoms with Crippen LogP contribution in [0.4, 0.5) is 0 Å². The first kappa shape index (κ1) is 17.9. The fraction of sp³-hybridized carbons (Fsp3) is 1.00. The quantitative estimate of drug-likeness (QED) is 0.329. The van der Waals surface area contributed by atoms with Gasteiger partial charge in [0.25, 0.3) is 0 Å². The molecule has 3 N–H and O–H groups in total. The van der Waals surface area contributed by atoms with Crippen LogP contribution in [0.5, 0.6) is 0 Å². The van der Waals surface area contributed by atoms with Gasteiger partial charge >= 0.3 is 16.5 Å². The van der Waals surface area contributed by atoms with Gasteiger partial charge in [-0.3, -0.25) is 0 Å². The number of ether oxygens (including phenoxy) is 2. The van der Waals surface area contributed by atoms with E-state index < -0.39 is 22.6 Å². The van der Waals surface area contributed by atoms with Gasteiger partial charge in [0.15, 0.2) is 0 Å². The molecule has 18 heavy (non-hydrogen) atoms. The molecule has 0 saturated carbocycles. The predicted octanol–water partition coefficient (Wildman–Crippen LogP) is -0.287. The molecule has 106 valence electrons. The molecule has 0 bridgehead atoms. The van der Waals surface area contributed by atoms with Crippen molar-refractivity contribution in [2.24, 2.45) is 0 Å². The molecule has 0 amide bonds. The standard InChI is InChI=1S/C7H14O9P2/c8-7(5-13-1-3-15-17(9)10)6-14-2-4-16-18(11)12/h7-8H,1-6H2/p+2. The van der Waals surface area contributed by atoms with Gasteiger partial charge in [0.2, 0.25) is 0 Å². The van der Waals surface area contributed by atoms with Crippen LogP contribution in [-0.4, -0.2) is 60.6 Å². The highest BCUT2D eigenvalue weighted by atomic mass is 31.1. The summed E-state index contributed by atoms with van der Waals surface area (Å²) in [7, 11) is -5.25. The zero-order chi connectivity index (χ0) is 13.8. The van der Waals surface area contributed by atoms with E-state index in [1.165, 1.54) is 0 Å². The van der Waals surface area contributed by atoms with Gasteiger partial charge in [-0.1, -0.05) is 0 Å². The molecule has 0 fully saturated rings. The third-order valence-corrected chi connectivity index (χ3v) is 2.29. The fourth-order valence-electron chi connectivity index (χ4n) is 0.835. The molecule has 9 nitrogen and oxygen atoms in total. The molecule has 0 rings (SSSR count). The largest absolute Gasteiger partial charge is 0.694 e. The number of aliphatic hydroxyl groups excluding tert-OH is 1. The van der Waals surface area contributed by atoms with Gasteiger partial charge in [0, 0.05) is 9.13 Å². The monoisotopic (exact) mass is 306 g/mol. The van der Waals surface area contributed by atoms with Gasteiger partial charge in [-0.25, -0.2) is 0 Å². The Bertz CT molecular complexity index is 225. The molecular formula is C7H16O9P2+2. The first-order valence-electron chi connectivity index (χ1n) is 4.94. The third kappa shape index (κ3) is 14.0. The second-order valence-electron chi connectivity index (χ2n) is 2.95. The lowest BCUT2D eigenvalue weighted by Crippen LogP contribution is -2.23. The van der Waals surface area contributed by atoms with Crippen LogP contribution in [0, 0.1) is 0 Å². The van der Waals surface area contributed by atoms with E-state index in [0.717, 1.165) is 0 Å². The van der Waals surface area contributed by atoms with Crippen LogP contribution in [0.2, 0.25) is 0 Å². The molecule has 2 atom stereocenters. The lowest BCUT2D eigenvalue weighted by molar-refractivity contribution is -0.0280. The summed E-state index contributed by atoms with van der Waals surface area (Å²) in [5.41, 5.74) is 0. The molecular weight excluding hydrogens is 290 g/mol. The molecule has 0 aliphatic carbocycles. The van der Waals surface area contributed by atoms with E-state index in [2.05, 4.69) is 9.05 Å². The van der Waals surface area contributed by atoms with E-state index in [-0.39, 0.29) is 39.6 Å². The molecule has 0 aromatic carbocycles. The van der Waals surface area contributed by atoms with E-state index in [1.54, 1.807) is 0 Å². The third-order valence-electron chi connectivity index (χ3n) is 1.48. The summed E-state index contributed by atoms with van der Waals surface area (Å²) in [5.74, 6) is 0. The smallest absolute Gasteiger partial charge is 0.388 e. The minimum atomic E-state index is -2.63. The number of hydrogen-bond donors (Lipinski definition) is 3. The van der Waals surface area contributed by atoms with Crippen LogP contribution in [0.3, 0.4) is 0 Å². The Hall–Kier alpha value is -0.0800. The van der Waals surface area contributed by atoms with Crippen molar-refractivity contribution in [2.45, 2.75) is 6.10 Å². The summed E-state index contributed by atoms with van der Waals surface area (Å²) in [6, 6.07) is 0. The van der Waals surface area contributed by atoms with Crippen LogP contribution in [-0.2, 0) is 27.7 Å². The molecule has 0 saturated heterocycles. The van der Waals surface area contributed by atoms with E-state index in [1.807, 2.05) is 0 Å². The highest BCUT2D eigenvalue weighted by Gasteiger charge is 2.12.